The van der Waals surface area contributed by atoms with Gasteiger partial charge in [-0.15, -0.1) is 0 Å². The maximum Gasteiger partial charge on any atom is 0.258 e. The summed E-state index contributed by atoms with van der Waals surface area (Å²) in [5.41, 5.74) is 1.20. The highest BCUT2D eigenvalue weighted by Gasteiger charge is 2.40. The maximum atomic E-state index is 13.2. The summed E-state index contributed by atoms with van der Waals surface area (Å²) in [4.78, 5) is 13.2. The summed E-state index contributed by atoms with van der Waals surface area (Å²) in [6, 6.07) is 14.1. The number of fused-ring (bicyclic) bond motifs is 3. The number of para-hydroxylation sites is 1. The number of aryl methyl sites for hydroxylation is 1. The maximum absolute atomic E-state index is 13.2. The van der Waals surface area contributed by atoms with Crippen LogP contribution in [0.1, 0.15) is 17.0 Å². The van der Waals surface area contributed by atoms with Gasteiger partial charge in [-0.3, -0.25) is 10.2 Å². The van der Waals surface area contributed by atoms with Crippen LogP contribution in [0.5, 0.6) is 17.2 Å². The summed E-state index contributed by atoms with van der Waals surface area (Å²) in [7, 11) is 3.10. The van der Waals surface area contributed by atoms with Gasteiger partial charge < -0.3 is 19.1 Å². The monoisotopic (exact) mass is 375 g/mol. The summed E-state index contributed by atoms with van der Waals surface area (Å²) in [5.74, 6) is -1.50. The molecule has 1 aliphatic heterocycles. The number of aromatic hydroxyl groups is 1. The van der Waals surface area contributed by atoms with Crippen LogP contribution in [-0.4, -0.2) is 22.7 Å². The highest BCUT2D eigenvalue weighted by Crippen LogP contribution is 2.44. The number of hydrogen-bond donors (Lipinski definition) is 2. The van der Waals surface area contributed by atoms with Gasteiger partial charge in [-0.25, -0.2) is 0 Å². The highest BCUT2D eigenvalue weighted by molar-refractivity contribution is 5.94. The molecule has 0 fully saturated rings. The summed E-state index contributed by atoms with van der Waals surface area (Å²) >= 11 is 0. The molecule has 0 aliphatic carbocycles. The number of aromatic nitrogens is 1. The Hall–Kier alpha value is -3.79. The molecule has 2 N–H and O–H groups in total. The van der Waals surface area contributed by atoms with E-state index in [1.54, 1.807) is 25.2 Å². The molecule has 2 aromatic carbocycles. The van der Waals surface area contributed by atoms with Crippen molar-refractivity contribution in [2.75, 3.05) is 7.11 Å². The molecule has 7 nitrogen and oxygen atoms in total. The van der Waals surface area contributed by atoms with Crippen LogP contribution in [0.25, 0.3) is 10.9 Å². The van der Waals surface area contributed by atoms with E-state index in [-0.39, 0.29) is 28.7 Å². The molecule has 2 atom stereocenters. The number of rotatable bonds is 2. The van der Waals surface area contributed by atoms with E-state index in [1.165, 1.54) is 17.7 Å². The van der Waals surface area contributed by atoms with Crippen molar-refractivity contribution in [3.63, 3.8) is 0 Å². The van der Waals surface area contributed by atoms with Crippen molar-refractivity contribution in [3.05, 3.63) is 63.9 Å². The molecule has 0 bridgehead atoms. The second-order valence-electron chi connectivity index (χ2n) is 6.61. The molecule has 0 radical (unpaired) electrons. The lowest BCUT2D eigenvalue weighted by atomic mass is 9.79. The summed E-state index contributed by atoms with van der Waals surface area (Å²) < 4.78 is 12.3. The standard InChI is InChI=1S/C21H17N3O4/c1-24-14-6-4-3-5-12(14)19-18(21(24)26)17(13(10-22)20(23)28-19)11-7-8-16(27-2)15(25)9-11/h3-9,13,17,23,25H,1-2H3. The minimum Gasteiger partial charge on any atom is -0.504 e. The molecule has 2 unspecified atom stereocenters. The summed E-state index contributed by atoms with van der Waals surface area (Å²) in [5, 5.41) is 28.8. The van der Waals surface area contributed by atoms with E-state index in [0.29, 0.717) is 22.0 Å². The van der Waals surface area contributed by atoms with E-state index in [9.17, 15) is 15.2 Å². The van der Waals surface area contributed by atoms with Crippen LogP contribution in [0.3, 0.4) is 0 Å². The van der Waals surface area contributed by atoms with Gasteiger partial charge >= 0.3 is 0 Å². The molecule has 0 saturated carbocycles. The van der Waals surface area contributed by atoms with Crippen molar-refractivity contribution in [2.24, 2.45) is 13.0 Å². The molecule has 140 valence electrons. The second-order valence-corrected chi connectivity index (χ2v) is 6.61. The molecule has 1 aromatic heterocycles. The first-order chi connectivity index (χ1) is 13.5. The molecular weight excluding hydrogens is 358 g/mol. The molecular formula is C21H17N3O4. The predicted molar refractivity (Wildman–Crippen MR) is 103 cm³/mol. The van der Waals surface area contributed by atoms with Gasteiger partial charge in [0.2, 0.25) is 5.90 Å². The quantitative estimate of drug-likeness (QED) is 0.716. The normalized spacial score (nSPS) is 18.2. The van der Waals surface area contributed by atoms with Gasteiger partial charge in [0.1, 0.15) is 11.7 Å². The predicted octanol–water partition coefficient (Wildman–Crippen LogP) is 2.89. The zero-order chi connectivity index (χ0) is 20.0. The Morgan fingerprint density at radius 3 is 2.71 bits per heavy atom. The molecule has 7 heteroatoms. The number of phenolic OH excluding ortho intramolecular Hbond substituents is 1. The van der Waals surface area contributed by atoms with Gasteiger partial charge in [0.15, 0.2) is 11.5 Å². The van der Waals surface area contributed by atoms with Gasteiger partial charge in [0, 0.05) is 18.4 Å². The largest absolute Gasteiger partial charge is 0.504 e. The number of phenols is 1. The topological polar surface area (TPSA) is 108 Å². The number of nitrogens with zero attached hydrogens (tertiary/aromatic N) is 2. The first-order valence-electron chi connectivity index (χ1n) is 8.62. The van der Waals surface area contributed by atoms with Crippen LogP contribution in [-0.2, 0) is 7.05 Å². The zero-order valence-corrected chi connectivity index (χ0v) is 15.3. The molecule has 3 aromatic rings. The number of nitriles is 1. The molecule has 2 heterocycles. The van der Waals surface area contributed by atoms with E-state index in [1.807, 2.05) is 18.2 Å². The van der Waals surface area contributed by atoms with Crippen molar-refractivity contribution in [1.29, 1.82) is 10.7 Å². The SMILES string of the molecule is COc1ccc(C2c3c(c4ccccc4n(C)c3=O)OC(=N)C2C#N)cc1O. The number of methoxy groups -OCH3 is 1. The van der Waals surface area contributed by atoms with E-state index in [4.69, 9.17) is 14.9 Å². The Bertz CT molecular complexity index is 1220. The fourth-order valence-electron chi connectivity index (χ4n) is 3.76. The minimum atomic E-state index is -0.992. The fourth-order valence-corrected chi connectivity index (χ4v) is 3.76. The number of benzene rings is 2. The van der Waals surface area contributed by atoms with Crippen molar-refractivity contribution in [2.45, 2.75) is 5.92 Å². The Morgan fingerprint density at radius 2 is 2.04 bits per heavy atom. The van der Waals surface area contributed by atoms with Crippen LogP contribution in [0, 0.1) is 22.7 Å². The number of ether oxygens (including phenoxy) is 2. The lowest BCUT2D eigenvalue weighted by Gasteiger charge is -2.31. The fraction of sp³-hybridized carbons (Fsp3) is 0.190. The zero-order valence-electron chi connectivity index (χ0n) is 15.3. The van der Waals surface area contributed by atoms with Crippen LogP contribution in [0.2, 0.25) is 0 Å². The van der Waals surface area contributed by atoms with Crippen molar-refractivity contribution in [3.8, 4) is 23.3 Å². The second kappa shape index (κ2) is 6.43. The molecule has 0 amide bonds. The third-order valence-corrected chi connectivity index (χ3v) is 5.13. The molecule has 4 rings (SSSR count). The van der Waals surface area contributed by atoms with Gasteiger partial charge in [-0.2, -0.15) is 5.26 Å². The Morgan fingerprint density at radius 1 is 1.29 bits per heavy atom. The van der Waals surface area contributed by atoms with E-state index in [0.717, 1.165) is 0 Å². The third-order valence-electron chi connectivity index (χ3n) is 5.13. The molecule has 0 saturated heterocycles. The van der Waals surface area contributed by atoms with E-state index >= 15 is 0 Å². The lowest BCUT2D eigenvalue weighted by Crippen LogP contribution is -2.37. The highest BCUT2D eigenvalue weighted by atomic mass is 16.5. The average Bonchev–Trinajstić information content (AvgIpc) is 2.71. The smallest absolute Gasteiger partial charge is 0.258 e. The Balaban J connectivity index is 2.07. The Labute approximate surface area is 160 Å². The number of nitrogens with one attached hydrogen (secondary N) is 1. The van der Waals surface area contributed by atoms with Crippen molar-refractivity contribution >= 4 is 16.8 Å². The van der Waals surface area contributed by atoms with Crippen molar-refractivity contribution < 1.29 is 14.6 Å². The van der Waals surface area contributed by atoms with Crippen LogP contribution < -0.4 is 15.0 Å². The number of pyridine rings is 1. The summed E-state index contributed by atoms with van der Waals surface area (Å²) in [6.07, 6.45) is 0. The first kappa shape index (κ1) is 17.6. The van der Waals surface area contributed by atoms with Gasteiger partial charge in [0.25, 0.3) is 5.56 Å². The first-order valence-corrected chi connectivity index (χ1v) is 8.62. The van der Waals surface area contributed by atoms with Crippen molar-refractivity contribution in [1.82, 2.24) is 4.57 Å². The molecule has 28 heavy (non-hydrogen) atoms. The Kier molecular flexibility index (Phi) is 4.04. The van der Waals surface area contributed by atoms with Gasteiger partial charge in [-0.05, 0) is 29.8 Å². The third kappa shape index (κ3) is 2.42. The molecule has 1 aliphatic rings. The minimum absolute atomic E-state index is 0.103. The van der Waals surface area contributed by atoms with Crippen LogP contribution >= 0.6 is 0 Å². The van der Waals surface area contributed by atoms with Gasteiger partial charge in [-0.1, -0.05) is 18.2 Å². The van der Waals surface area contributed by atoms with Crippen LogP contribution in [0.15, 0.2) is 47.3 Å². The summed E-state index contributed by atoms with van der Waals surface area (Å²) in [6.45, 7) is 0. The number of hydrogen-bond acceptors (Lipinski definition) is 6. The average molecular weight is 375 g/mol. The van der Waals surface area contributed by atoms with Crippen LogP contribution in [0.4, 0.5) is 0 Å². The lowest BCUT2D eigenvalue weighted by molar-refractivity contribution is 0.372. The van der Waals surface area contributed by atoms with E-state index < -0.39 is 11.8 Å². The van der Waals surface area contributed by atoms with Gasteiger partial charge in [0.05, 0.1) is 24.3 Å². The van der Waals surface area contributed by atoms with E-state index in [2.05, 4.69) is 6.07 Å². The molecule has 0 spiro atoms.